The van der Waals surface area contributed by atoms with Crippen molar-refractivity contribution in [2.75, 3.05) is 0 Å². The van der Waals surface area contributed by atoms with Crippen LogP contribution < -0.4 is 0 Å². The number of hydrogen-bond acceptors (Lipinski definition) is 4. The average molecular weight is 245 g/mol. The van der Waals surface area contributed by atoms with E-state index in [0.717, 1.165) is 24.1 Å². The quantitative estimate of drug-likeness (QED) is 0.821. The van der Waals surface area contributed by atoms with E-state index in [-0.39, 0.29) is 12.2 Å². The predicted molar refractivity (Wildman–Crippen MR) is 64.0 cm³/mol. The van der Waals surface area contributed by atoms with E-state index in [9.17, 15) is 5.11 Å². The molecule has 18 heavy (non-hydrogen) atoms. The highest BCUT2D eigenvalue weighted by Crippen LogP contribution is 2.43. The molecule has 0 spiro atoms. The maximum atomic E-state index is 10.9. The van der Waals surface area contributed by atoms with Gasteiger partial charge < -0.3 is 9.84 Å². The van der Waals surface area contributed by atoms with Crippen LogP contribution in [0.2, 0.25) is 0 Å². The molecule has 5 nitrogen and oxygen atoms in total. The number of aliphatic hydroxyl groups is 1. The second-order valence-corrected chi connectivity index (χ2v) is 5.41. The zero-order chi connectivity index (χ0) is 12.2. The lowest BCUT2D eigenvalue weighted by Crippen LogP contribution is -2.38. The predicted octanol–water partition coefficient (Wildman–Crippen LogP) is 1.26. The normalized spacial score (nSPS) is 35.2. The summed E-state index contributed by atoms with van der Waals surface area (Å²) in [6.45, 7) is 0. The van der Waals surface area contributed by atoms with Crippen molar-refractivity contribution in [1.29, 1.82) is 0 Å². The number of ether oxygens (including phenoxy) is 1. The van der Waals surface area contributed by atoms with E-state index in [4.69, 9.17) is 4.74 Å². The van der Waals surface area contributed by atoms with Crippen molar-refractivity contribution in [3.63, 3.8) is 0 Å². The molecule has 0 amide bonds. The average Bonchev–Trinajstić information content (AvgIpc) is 2.95. The van der Waals surface area contributed by atoms with Crippen LogP contribution in [0.25, 0.3) is 5.65 Å². The monoisotopic (exact) mass is 245 g/mol. The molecule has 2 unspecified atom stereocenters. The first-order chi connectivity index (χ1) is 8.73. The van der Waals surface area contributed by atoms with Crippen molar-refractivity contribution in [2.45, 2.75) is 43.5 Å². The third-order valence-corrected chi connectivity index (χ3v) is 4.15. The summed E-state index contributed by atoms with van der Waals surface area (Å²) in [5.41, 5.74) is 0.982. The second kappa shape index (κ2) is 3.52. The van der Waals surface area contributed by atoms with E-state index >= 15 is 0 Å². The third kappa shape index (κ3) is 1.47. The first kappa shape index (κ1) is 10.5. The summed E-state index contributed by atoms with van der Waals surface area (Å²) in [5.74, 6) is 0. The fraction of sp³-hybridized carbons (Fsp3) is 0.538. The topological polar surface area (TPSA) is 59.7 Å². The Morgan fingerprint density at radius 1 is 1.28 bits per heavy atom. The number of rotatable bonds is 1. The number of aromatic nitrogens is 3. The Morgan fingerprint density at radius 3 is 2.83 bits per heavy atom. The molecular formula is C13H15N3O2. The molecule has 1 N–H and O–H groups in total. The van der Waals surface area contributed by atoms with Crippen molar-refractivity contribution in [2.24, 2.45) is 0 Å². The molecule has 2 aromatic rings. The van der Waals surface area contributed by atoms with E-state index in [2.05, 4.69) is 10.2 Å². The van der Waals surface area contributed by atoms with Gasteiger partial charge in [-0.15, -0.1) is 10.2 Å². The Kier molecular flexibility index (Phi) is 2.05. The maximum Gasteiger partial charge on any atom is 0.160 e. The van der Waals surface area contributed by atoms with Crippen molar-refractivity contribution >= 4 is 5.65 Å². The molecule has 2 aromatic heterocycles. The van der Waals surface area contributed by atoms with Crippen molar-refractivity contribution in [1.82, 2.24) is 14.6 Å². The minimum absolute atomic E-state index is 0.213. The Balaban J connectivity index is 1.76. The lowest BCUT2D eigenvalue weighted by molar-refractivity contribution is -0.115. The lowest BCUT2D eigenvalue weighted by Gasteiger charge is -2.36. The molecule has 0 aliphatic carbocycles. The van der Waals surface area contributed by atoms with Gasteiger partial charge in [-0.2, -0.15) is 0 Å². The molecule has 2 bridgehead atoms. The van der Waals surface area contributed by atoms with Gasteiger partial charge in [-0.25, -0.2) is 0 Å². The molecule has 0 saturated carbocycles. The smallest absolute Gasteiger partial charge is 0.160 e. The van der Waals surface area contributed by atoms with Crippen LogP contribution in [0.15, 0.2) is 24.7 Å². The van der Waals surface area contributed by atoms with Gasteiger partial charge in [0.1, 0.15) is 6.33 Å². The molecular weight excluding hydrogens is 230 g/mol. The van der Waals surface area contributed by atoms with Gasteiger partial charge in [0.15, 0.2) is 5.65 Å². The van der Waals surface area contributed by atoms with E-state index < -0.39 is 5.60 Å². The number of hydrogen-bond donors (Lipinski definition) is 1. The van der Waals surface area contributed by atoms with Crippen LogP contribution in [0, 0.1) is 0 Å². The summed E-state index contributed by atoms with van der Waals surface area (Å²) in [7, 11) is 0. The molecule has 4 heterocycles. The zero-order valence-corrected chi connectivity index (χ0v) is 9.99. The fourth-order valence-corrected chi connectivity index (χ4v) is 3.26. The summed E-state index contributed by atoms with van der Waals surface area (Å²) >= 11 is 0. The molecule has 0 radical (unpaired) electrons. The third-order valence-electron chi connectivity index (χ3n) is 4.15. The second-order valence-electron chi connectivity index (χ2n) is 5.41. The molecule has 2 atom stereocenters. The van der Waals surface area contributed by atoms with E-state index in [0.29, 0.717) is 12.8 Å². The van der Waals surface area contributed by atoms with Gasteiger partial charge in [0, 0.05) is 24.6 Å². The van der Waals surface area contributed by atoms with Crippen LogP contribution in [-0.2, 0) is 10.3 Å². The molecule has 2 aliphatic heterocycles. The largest absolute Gasteiger partial charge is 0.385 e. The van der Waals surface area contributed by atoms with Crippen molar-refractivity contribution in [3.8, 4) is 0 Å². The molecule has 4 rings (SSSR count). The van der Waals surface area contributed by atoms with Gasteiger partial charge in [0.05, 0.1) is 17.8 Å². The SMILES string of the molecule is OC1(c2ccc3nncn3c2)CC2CCC(C1)O2. The highest BCUT2D eigenvalue weighted by molar-refractivity contribution is 5.39. The van der Waals surface area contributed by atoms with Crippen LogP contribution >= 0.6 is 0 Å². The van der Waals surface area contributed by atoms with Gasteiger partial charge in [-0.3, -0.25) is 4.40 Å². The van der Waals surface area contributed by atoms with E-state index in [1.165, 1.54) is 0 Å². The van der Waals surface area contributed by atoms with Crippen LogP contribution in [0.3, 0.4) is 0 Å². The lowest BCUT2D eigenvalue weighted by atomic mass is 9.84. The van der Waals surface area contributed by atoms with Crippen LogP contribution in [-0.4, -0.2) is 31.9 Å². The number of pyridine rings is 1. The highest BCUT2D eigenvalue weighted by atomic mass is 16.5. The Hall–Kier alpha value is -1.46. The zero-order valence-electron chi connectivity index (χ0n) is 9.99. The Labute approximate surface area is 104 Å². The number of nitrogens with zero attached hydrogens (tertiary/aromatic N) is 3. The fourth-order valence-electron chi connectivity index (χ4n) is 3.26. The summed E-state index contributed by atoms with van der Waals surface area (Å²) in [6.07, 6.45) is 7.55. The molecule has 2 aliphatic rings. The van der Waals surface area contributed by atoms with E-state index in [1.807, 2.05) is 22.7 Å². The van der Waals surface area contributed by atoms with Gasteiger partial charge in [-0.1, -0.05) is 6.07 Å². The van der Waals surface area contributed by atoms with Crippen LogP contribution in [0.1, 0.15) is 31.2 Å². The molecule has 2 fully saturated rings. The van der Waals surface area contributed by atoms with Crippen LogP contribution in [0.5, 0.6) is 0 Å². The summed E-state index contributed by atoms with van der Waals surface area (Å²) < 4.78 is 7.65. The Morgan fingerprint density at radius 2 is 2.06 bits per heavy atom. The first-order valence-electron chi connectivity index (χ1n) is 6.41. The minimum Gasteiger partial charge on any atom is -0.385 e. The summed E-state index contributed by atoms with van der Waals surface area (Å²) in [6, 6.07) is 3.85. The molecule has 94 valence electrons. The molecule has 5 heteroatoms. The first-order valence-corrected chi connectivity index (χ1v) is 6.41. The summed E-state index contributed by atoms with van der Waals surface area (Å²) in [4.78, 5) is 0. The standard InChI is InChI=1S/C13H15N3O2/c17-13(5-10-2-3-11(6-13)18-10)9-1-4-12-15-14-8-16(12)7-9/h1,4,7-8,10-11,17H,2-3,5-6H2. The molecule has 0 aromatic carbocycles. The van der Waals surface area contributed by atoms with Crippen molar-refractivity contribution < 1.29 is 9.84 Å². The van der Waals surface area contributed by atoms with Gasteiger partial charge in [0.25, 0.3) is 0 Å². The van der Waals surface area contributed by atoms with Gasteiger partial charge in [0.2, 0.25) is 0 Å². The minimum atomic E-state index is -0.761. The van der Waals surface area contributed by atoms with Crippen LogP contribution in [0.4, 0.5) is 0 Å². The maximum absolute atomic E-state index is 10.9. The summed E-state index contributed by atoms with van der Waals surface area (Å²) in [5, 5.41) is 18.7. The van der Waals surface area contributed by atoms with Gasteiger partial charge >= 0.3 is 0 Å². The highest BCUT2D eigenvalue weighted by Gasteiger charge is 2.44. The Bertz CT molecular complexity index is 583. The molecule has 2 saturated heterocycles. The number of fused-ring (bicyclic) bond motifs is 3. The van der Waals surface area contributed by atoms with Gasteiger partial charge in [-0.05, 0) is 18.9 Å². The van der Waals surface area contributed by atoms with Crippen molar-refractivity contribution in [3.05, 3.63) is 30.2 Å². The van der Waals surface area contributed by atoms with E-state index in [1.54, 1.807) is 6.33 Å².